The quantitative estimate of drug-likeness (QED) is 0.386. The number of hydrogen-bond donors (Lipinski definition) is 4. The molecule has 1 aliphatic heterocycles. The summed E-state index contributed by atoms with van der Waals surface area (Å²) in [5, 5.41) is 9.77. The van der Waals surface area contributed by atoms with Gasteiger partial charge in [-0.3, -0.25) is 9.11 Å². The van der Waals surface area contributed by atoms with Gasteiger partial charge in [0.1, 0.15) is 6.04 Å². The van der Waals surface area contributed by atoms with Crippen molar-refractivity contribution in [1.29, 1.82) is 0 Å². The Hall–Kier alpha value is -0.380. The Balaban J connectivity index is 2.70. The molecule has 20 heavy (non-hydrogen) atoms. The lowest BCUT2D eigenvalue weighted by Gasteiger charge is -2.38. The van der Waals surface area contributed by atoms with E-state index >= 15 is 0 Å². The molecule has 13 heteroatoms. The number of hydrogen-bond acceptors (Lipinski definition) is 8. The number of ether oxygens (including phenoxy) is 2. The highest BCUT2D eigenvalue weighted by Crippen LogP contribution is 2.22. The number of nitrogens with one attached hydrogen (secondary N) is 1. The zero-order valence-electron chi connectivity index (χ0n) is 10.2. The Morgan fingerprint density at radius 1 is 1.30 bits per heavy atom. The smallest absolute Gasteiger partial charge is 0.391 e. The van der Waals surface area contributed by atoms with Gasteiger partial charge in [-0.15, -0.1) is 0 Å². The Morgan fingerprint density at radius 2 is 1.90 bits per heavy atom. The van der Waals surface area contributed by atoms with Crippen molar-refractivity contribution in [2.24, 2.45) is 0 Å². The second-order valence-electron chi connectivity index (χ2n) is 4.00. The van der Waals surface area contributed by atoms with Crippen LogP contribution in [0.5, 0.6) is 0 Å². The number of rotatable bonds is 6. The van der Waals surface area contributed by atoms with Crippen LogP contribution in [0.1, 0.15) is 6.42 Å². The minimum absolute atomic E-state index is 0.206. The topological polar surface area (TPSA) is 169 Å². The van der Waals surface area contributed by atoms with E-state index < -0.39 is 51.8 Å². The first-order valence-corrected chi connectivity index (χ1v) is 8.05. The monoisotopic (exact) mass is 337 g/mol. The number of aliphatic hydroxyl groups is 1. The second kappa shape index (κ2) is 6.59. The standard InChI is InChI=1S/C7H15NO10S2/c1-16-7-6(8-19(10,11)12)5(9)2-4(18-7)3-17-20(13,14)15/h4-9H,2-3H2,1H3,(H,10,11,12)(H,13,14,15). The van der Waals surface area contributed by atoms with Gasteiger partial charge < -0.3 is 14.6 Å². The molecule has 0 aromatic heterocycles. The summed E-state index contributed by atoms with van der Waals surface area (Å²) in [6.45, 7) is -0.589. The molecule has 0 saturated carbocycles. The maximum Gasteiger partial charge on any atom is 0.397 e. The van der Waals surface area contributed by atoms with Crippen LogP contribution in [0.15, 0.2) is 0 Å². The zero-order chi connectivity index (χ0) is 15.6. The summed E-state index contributed by atoms with van der Waals surface area (Å²) < 4.78 is 75.1. The lowest BCUT2D eigenvalue weighted by atomic mass is 10.0. The van der Waals surface area contributed by atoms with Crippen LogP contribution >= 0.6 is 0 Å². The van der Waals surface area contributed by atoms with Crippen LogP contribution < -0.4 is 4.72 Å². The lowest BCUT2D eigenvalue weighted by Crippen LogP contribution is -2.58. The summed E-state index contributed by atoms with van der Waals surface area (Å²) >= 11 is 0. The van der Waals surface area contributed by atoms with E-state index in [-0.39, 0.29) is 6.42 Å². The van der Waals surface area contributed by atoms with E-state index in [1.165, 1.54) is 0 Å². The van der Waals surface area contributed by atoms with Crippen LogP contribution in [-0.4, -0.2) is 69.3 Å². The molecule has 0 aromatic carbocycles. The van der Waals surface area contributed by atoms with Crippen molar-refractivity contribution in [2.45, 2.75) is 31.0 Å². The van der Waals surface area contributed by atoms with Gasteiger partial charge in [0.25, 0.3) is 0 Å². The molecule has 120 valence electrons. The summed E-state index contributed by atoms with van der Waals surface area (Å²) in [4.78, 5) is 0. The first kappa shape index (κ1) is 17.7. The van der Waals surface area contributed by atoms with E-state index in [4.69, 9.17) is 18.6 Å². The summed E-state index contributed by atoms with van der Waals surface area (Å²) in [5.41, 5.74) is 0. The normalized spacial score (nSPS) is 32.2. The van der Waals surface area contributed by atoms with Gasteiger partial charge in [0, 0.05) is 13.5 Å². The Bertz CT molecular complexity index is 516. The molecule has 0 amide bonds. The minimum atomic E-state index is -4.66. The van der Waals surface area contributed by atoms with Crippen LogP contribution in [-0.2, 0) is 34.4 Å². The summed E-state index contributed by atoms with van der Waals surface area (Å²) in [5.74, 6) is 0. The van der Waals surface area contributed by atoms with E-state index in [1.807, 2.05) is 0 Å². The zero-order valence-corrected chi connectivity index (χ0v) is 11.9. The molecule has 0 aromatic rings. The fourth-order valence-corrected chi connectivity index (χ4v) is 2.64. The van der Waals surface area contributed by atoms with Gasteiger partial charge >= 0.3 is 20.7 Å². The fraction of sp³-hybridized carbons (Fsp3) is 1.00. The lowest BCUT2D eigenvalue weighted by molar-refractivity contribution is -0.222. The van der Waals surface area contributed by atoms with Crippen molar-refractivity contribution in [1.82, 2.24) is 4.72 Å². The molecule has 0 radical (unpaired) electrons. The number of aliphatic hydroxyl groups excluding tert-OH is 1. The van der Waals surface area contributed by atoms with Crippen LogP contribution in [0.3, 0.4) is 0 Å². The van der Waals surface area contributed by atoms with Gasteiger partial charge in [0.05, 0.1) is 18.8 Å². The summed E-state index contributed by atoms with van der Waals surface area (Å²) in [7, 11) is -8.10. The Morgan fingerprint density at radius 3 is 2.35 bits per heavy atom. The number of methoxy groups -OCH3 is 1. The SMILES string of the molecule is COC1OC(COS(=O)(=O)O)CC(O)C1NS(=O)(=O)O. The van der Waals surface area contributed by atoms with Crippen molar-refractivity contribution in [3.05, 3.63) is 0 Å². The molecule has 1 fully saturated rings. The molecule has 1 heterocycles. The minimum Gasteiger partial charge on any atom is -0.391 e. The third-order valence-corrected chi connectivity index (χ3v) is 3.46. The second-order valence-corrected chi connectivity index (χ2v) is 6.27. The fourth-order valence-electron chi connectivity index (χ4n) is 1.70. The Labute approximate surface area is 115 Å². The molecule has 4 N–H and O–H groups in total. The average Bonchev–Trinajstić information content (AvgIpc) is 2.26. The van der Waals surface area contributed by atoms with Crippen LogP contribution in [0.2, 0.25) is 0 Å². The predicted octanol–water partition coefficient (Wildman–Crippen LogP) is -2.31. The highest BCUT2D eigenvalue weighted by Gasteiger charge is 2.40. The van der Waals surface area contributed by atoms with Gasteiger partial charge in [-0.25, -0.2) is 4.18 Å². The van der Waals surface area contributed by atoms with Crippen molar-refractivity contribution < 1.29 is 44.7 Å². The van der Waals surface area contributed by atoms with Crippen molar-refractivity contribution in [3.8, 4) is 0 Å². The van der Waals surface area contributed by atoms with E-state index in [1.54, 1.807) is 4.72 Å². The van der Waals surface area contributed by atoms with Gasteiger partial charge in [-0.2, -0.15) is 21.6 Å². The molecule has 1 aliphatic rings. The average molecular weight is 337 g/mol. The maximum absolute atomic E-state index is 10.7. The summed E-state index contributed by atoms with van der Waals surface area (Å²) in [6, 6.07) is -1.28. The first-order valence-electron chi connectivity index (χ1n) is 5.24. The van der Waals surface area contributed by atoms with Crippen LogP contribution in [0.4, 0.5) is 0 Å². The highest BCUT2D eigenvalue weighted by atomic mass is 32.3. The maximum atomic E-state index is 10.7. The third kappa shape index (κ3) is 5.94. The molecule has 0 bridgehead atoms. The highest BCUT2D eigenvalue weighted by molar-refractivity contribution is 7.83. The Kier molecular flexibility index (Phi) is 5.82. The molecule has 4 unspecified atom stereocenters. The predicted molar refractivity (Wildman–Crippen MR) is 62.3 cm³/mol. The molecule has 4 atom stereocenters. The van der Waals surface area contributed by atoms with Crippen LogP contribution in [0, 0.1) is 0 Å². The molecule has 1 saturated heterocycles. The van der Waals surface area contributed by atoms with E-state index in [9.17, 15) is 21.9 Å². The van der Waals surface area contributed by atoms with Gasteiger partial charge in [-0.1, -0.05) is 0 Å². The first-order chi connectivity index (χ1) is 9.02. The summed E-state index contributed by atoms with van der Waals surface area (Å²) in [6.07, 6.45) is -3.78. The van der Waals surface area contributed by atoms with E-state index in [0.717, 1.165) is 7.11 Å². The van der Waals surface area contributed by atoms with Gasteiger partial charge in [-0.05, 0) is 0 Å². The molecular formula is C7H15NO10S2. The largest absolute Gasteiger partial charge is 0.397 e. The molecule has 0 spiro atoms. The van der Waals surface area contributed by atoms with Gasteiger partial charge in [0.2, 0.25) is 0 Å². The van der Waals surface area contributed by atoms with Crippen molar-refractivity contribution in [2.75, 3.05) is 13.7 Å². The molecule has 1 rings (SSSR count). The molecule has 11 nitrogen and oxygen atoms in total. The third-order valence-electron chi connectivity index (χ3n) is 2.46. The van der Waals surface area contributed by atoms with Gasteiger partial charge in [0.15, 0.2) is 6.29 Å². The van der Waals surface area contributed by atoms with E-state index in [0.29, 0.717) is 0 Å². The van der Waals surface area contributed by atoms with Crippen LogP contribution in [0.25, 0.3) is 0 Å². The molecule has 0 aliphatic carbocycles. The van der Waals surface area contributed by atoms with Crippen molar-refractivity contribution in [3.63, 3.8) is 0 Å². The van der Waals surface area contributed by atoms with Crippen molar-refractivity contribution >= 4 is 20.7 Å². The van der Waals surface area contributed by atoms with E-state index in [2.05, 4.69) is 4.18 Å². The molecular weight excluding hydrogens is 322 g/mol.